The SMILES string of the molecule is CCSC/C(=C\c1ccncc1)c1nc2cc(C(F)(F)F)cnc2n1C. The summed E-state index contributed by atoms with van der Waals surface area (Å²) in [6, 6.07) is 4.79. The lowest BCUT2D eigenvalue weighted by molar-refractivity contribution is -0.137. The molecule has 3 aromatic heterocycles. The molecule has 0 bridgehead atoms. The fourth-order valence-corrected chi connectivity index (χ4v) is 3.20. The highest BCUT2D eigenvalue weighted by molar-refractivity contribution is 7.99. The number of fused-ring (bicyclic) bond motifs is 1. The van der Waals surface area contributed by atoms with Crippen molar-refractivity contribution in [3.63, 3.8) is 0 Å². The fourth-order valence-electron chi connectivity index (χ4n) is 2.56. The molecule has 8 heteroatoms. The van der Waals surface area contributed by atoms with Crippen molar-refractivity contribution in [2.45, 2.75) is 13.1 Å². The van der Waals surface area contributed by atoms with Gasteiger partial charge in [0.15, 0.2) is 5.65 Å². The molecule has 0 spiro atoms. The minimum absolute atomic E-state index is 0.236. The van der Waals surface area contributed by atoms with Gasteiger partial charge in [-0.05, 0) is 35.6 Å². The van der Waals surface area contributed by atoms with Crippen LogP contribution >= 0.6 is 11.8 Å². The molecule has 0 saturated heterocycles. The van der Waals surface area contributed by atoms with Gasteiger partial charge in [0.05, 0.1) is 5.56 Å². The Bertz CT molecular complexity index is 933. The van der Waals surface area contributed by atoms with Crippen LogP contribution in [0.3, 0.4) is 0 Å². The highest BCUT2D eigenvalue weighted by Crippen LogP contribution is 2.31. The largest absolute Gasteiger partial charge is 0.417 e. The molecular weight excluding hydrogens is 361 g/mol. The summed E-state index contributed by atoms with van der Waals surface area (Å²) in [7, 11) is 1.77. The summed E-state index contributed by atoms with van der Waals surface area (Å²) in [4.78, 5) is 12.4. The molecule has 3 aromatic rings. The zero-order chi connectivity index (χ0) is 18.7. The lowest BCUT2D eigenvalue weighted by Crippen LogP contribution is -2.05. The number of alkyl halides is 3. The van der Waals surface area contributed by atoms with E-state index in [-0.39, 0.29) is 5.52 Å². The standard InChI is InChI=1S/C18H17F3N4S/c1-3-26-11-13(8-12-4-6-22-7-5-12)16-24-15-9-14(18(19,20)21)10-23-17(15)25(16)2/h4-10H,3,11H2,1-2H3/b13-8+. The molecule has 0 unspecified atom stereocenters. The van der Waals surface area contributed by atoms with Crippen LogP contribution in [0.4, 0.5) is 13.2 Å². The maximum atomic E-state index is 12.9. The number of pyridine rings is 2. The summed E-state index contributed by atoms with van der Waals surface area (Å²) in [5.74, 6) is 2.24. The third-order valence-electron chi connectivity index (χ3n) is 3.83. The quantitative estimate of drug-likeness (QED) is 0.647. The smallest absolute Gasteiger partial charge is 0.312 e. The normalized spacial score (nSPS) is 12.7. The van der Waals surface area contributed by atoms with Gasteiger partial charge in [0.2, 0.25) is 0 Å². The Kier molecular flexibility index (Phi) is 5.31. The summed E-state index contributed by atoms with van der Waals surface area (Å²) >= 11 is 1.72. The van der Waals surface area contributed by atoms with Gasteiger partial charge in [-0.25, -0.2) is 9.97 Å². The molecule has 0 aliphatic carbocycles. The Morgan fingerprint density at radius 3 is 2.65 bits per heavy atom. The molecule has 4 nitrogen and oxygen atoms in total. The van der Waals surface area contributed by atoms with Gasteiger partial charge in [-0.3, -0.25) is 4.98 Å². The second kappa shape index (κ2) is 7.49. The molecule has 0 saturated carbocycles. The van der Waals surface area contributed by atoms with Crippen LogP contribution in [-0.4, -0.2) is 31.0 Å². The lowest BCUT2D eigenvalue weighted by Gasteiger charge is -2.08. The zero-order valence-electron chi connectivity index (χ0n) is 14.3. The number of hydrogen-bond acceptors (Lipinski definition) is 4. The average molecular weight is 378 g/mol. The maximum Gasteiger partial charge on any atom is 0.417 e. The lowest BCUT2D eigenvalue weighted by atomic mass is 10.1. The molecule has 0 atom stereocenters. The van der Waals surface area contributed by atoms with Gasteiger partial charge in [0, 0.05) is 37.0 Å². The maximum absolute atomic E-state index is 12.9. The average Bonchev–Trinajstić information content (AvgIpc) is 2.95. The molecule has 0 aliphatic heterocycles. The van der Waals surface area contributed by atoms with E-state index in [0.29, 0.717) is 17.2 Å². The van der Waals surface area contributed by atoms with Gasteiger partial charge in [-0.2, -0.15) is 24.9 Å². The van der Waals surface area contributed by atoms with Gasteiger partial charge in [0.1, 0.15) is 11.3 Å². The molecule has 3 heterocycles. The number of halogens is 3. The molecule has 26 heavy (non-hydrogen) atoms. The number of rotatable bonds is 5. The van der Waals surface area contributed by atoms with Crippen molar-refractivity contribution in [1.82, 2.24) is 19.5 Å². The third kappa shape index (κ3) is 3.90. The van der Waals surface area contributed by atoms with E-state index in [1.165, 1.54) is 0 Å². The first-order chi connectivity index (χ1) is 12.4. The second-order valence-corrected chi connectivity index (χ2v) is 6.92. The molecule has 0 N–H and O–H groups in total. The van der Waals surface area contributed by atoms with Crippen LogP contribution < -0.4 is 0 Å². The predicted molar refractivity (Wildman–Crippen MR) is 98.6 cm³/mol. The minimum atomic E-state index is -4.44. The van der Waals surface area contributed by atoms with Crippen LogP contribution in [0.2, 0.25) is 0 Å². The molecule has 3 rings (SSSR count). The molecule has 0 fully saturated rings. The van der Waals surface area contributed by atoms with Crippen molar-refractivity contribution in [2.75, 3.05) is 11.5 Å². The van der Waals surface area contributed by atoms with Crippen LogP contribution in [0.15, 0.2) is 36.8 Å². The summed E-state index contributed by atoms with van der Waals surface area (Å²) in [6.07, 6.45) is 1.79. The third-order valence-corrected chi connectivity index (χ3v) is 4.76. The highest BCUT2D eigenvalue weighted by atomic mass is 32.2. The van der Waals surface area contributed by atoms with Gasteiger partial charge in [-0.1, -0.05) is 6.92 Å². The molecule has 136 valence electrons. The topological polar surface area (TPSA) is 43.6 Å². The van der Waals surface area contributed by atoms with E-state index in [9.17, 15) is 13.2 Å². The molecular formula is C18H17F3N4S. The summed E-state index contributed by atoms with van der Waals surface area (Å²) in [5.41, 5.74) is 1.76. The predicted octanol–water partition coefficient (Wildman–Crippen LogP) is 4.68. The monoisotopic (exact) mass is 378 g/mol. The first-order valence-corrected chi connectivity index (χ1v) is 9.14. The number of thioether (sulfide) groups is 1. The van der Waals surface area contributed by atoms with E-state index in [2.05, 4.69) is 21.9 Å². The van der Waals surface area contributed by atoms with Crippen LogP contribution in [0.1, 0.15) is 23.9 Å². The van der Waals surface area contributed by atoms with E-state index in [4.69, 9.17) is 0 Å². The Balaban J connectivity index is 2.10. The second-order valence-electron chi connectivity index (χ2n) is 5.65. The first kappa shape index (κ1) is 18.4. The van der Waals surface area contributed by atoms with Crippen LogP contribution in [0, 0.1) is 0 Å². The van der Waals surface area contributed by atoms with Crippen molar-refractivity contribution in [3.05, 3.63) is 53.7 Å². The molecule has 0 aliphatic rings. The Morgan fingerprint density at radius 2 is 2.00 bits per heavy atom. The Hall–Kier alpha value is -2.35. The Labute approximate surface area is 153 Å². The summed E-state index contributed by atoms with van der Waals surface area (Å²) in [6.45, 7) is 2.06. The van der Waals surface area contributed by atoms with E-state index in [0.717, 1.165) is 29.2 Å². The number of hydrogen-bond donors (Lipinski definition) is 0. The van der Waals surface area contributed by atoms with Gasteiger partial charge in [0.25, 0.3) is 0 Å². The number of nitrogens with zero attached hydrogens (tertiary/aromatic N) is 4. The Morgan fingerprint density at radius 1 is 1.27 bits per heavy atom. The van der Waals surface area contributed by atoms with E-state index < -0.39 is 11.7 Å². The van der Waals surface area contributed by atoms with Crippen molar-refractivity contribution < 1.29 is 13.2 Å². The summed E-state index contributed by atoms with van der Waals surface area (Å²) in [5, 5.41) is 0. The molecule has 0 amide bonds. The minimum Gasteiger partial charge on any atom is -0.312 e. The fraction of sp³-hybridized carbons (Fsp3) is 0.278. The van der Waals surface area contributed by atoms with E-state index in [1.807, 2.05) is 18.2 Å². The van der Waals surface area contributed by atoms with Gasteiger partial charge < -0.3 is 4.57 Å². The van der Waals surface area contributed by atoms with Crippen LogP contribution in [-0.2, 0) is 13.2 Å². The van der Waals surface area contributed by atoms with Crippen molar-refractivity contribution in [3.8, 4) is 0 Å². The molecule has 0 aromatic carbocycles. The number of imidazole rings is 1. The van der Waals surface area contributed by atoms with Gasteiger partial charge in [-0.15, -0.1) is 0 Å². The molecule has 0 radical (unpaired) electrons. The van der Waals surface area contributed by atoms with Gasteiger partial charge >= 0.3 is 6.18 Å². The van der Waals surface area contributed by atoms with Crippen LogP contribution in [0.5, 0.6) is 0 Å². The van der Waals surface area contributed by atoms with E-state index >= 15 is 0 Å². The van der Waals surface area contributed by atoms with Crippen LogP contribution in [0.25, 0.3) is 22.8 Å². The summed E-state index contributed by atoms with van der Waals surface area (Å²) < 4.78 is 40.6. The van der Waals surface area contributed by atoms with Crippen molar-refractivity contribution >= 4 is 34.6 Å². The first-order valence-electron chi connectivity index (χ1n) is 7.98. The highest BCUT2D eigenvalue weighted by Gasteiger charge is 2.31. The number of aryl methyl sites for hydroxylation is 1. The number of aromatic nitrogens is 4. The van der Waals surface area contributed by atoms with Crippen molar-refractivity contribution in [2.24, 2.45) is 7.05 Å². The van der Waals surface area contributed by atoms with E-state index in [1.54, 1.807) is 35.8 Å². The van der Waals surface area contributed by atoms with Crippen molar-refractivity contribution in [1.29, 1.82) is 0 Å². The zero-order valence-corrected chi connectivity index (χ0v) is 15.1.